The average molecular weight is 368 g/mol. The van der Waals surface area contributed by atoms with Crippen molar-refractivity contribution in [2.75, 3.05) is 19.5 Å². The molecule has 0 aromatic carbocycles. The van der Waals surface area contributed by atoms with Crippen LogP contribution in [0.5, 0.6) is 0 Å². The van der Waals surface area contributed by atoms with E-state index in [1.54, 1.807) is 18.5 Å². The number of pyridine rings is 1. The third-order valence-corrected chi connectivity index (χ3v) is 4.39. The maximum absolute atomic E-state index is 12.1. The first kappa shape index (κ1) is 18.6. The van der Waals surface area contributed by atoms with Gasteiger partial charge in [-0.05, 0) is 30.7 Å². The van der Waals surface area contributed by atoms with Crippen molar-refractivity contribution in [1.29, 1.82) is 5.26 Å². The molecule has 8 heteroatoms. The van der Waals surface area contributed by atoms with Gasteiger partial charge in [-0.2, -0.15) is 5.26 Å². The molecule has 2 heterocycles. The highest BCUT2D eigenvalue weighted by molar-refractivity contribution is 8.02. The van der Waals surface area contributed by atoms with Crippen LogP contribution in [0.4, 0.5) is 0 Å². The van der Waals surface area contributed by atoms with Gasteiger partial charge in [-0.15, -0.1) is 11.8 Å². The number of nitriles is 1. The van der Waals surface area contributed by atoms with Gasteiger partial charge < -0.3 is 14.8 Å². The monoisotopic (exact) mass is 367 g/mol. The number of ether oxygens (including phenoxy) is 2. The number of halogens is 1. The molecule has 2 rings (SSSR count). The molecule has 1 aromatic rings. The lowest BCUT2D eigenvalue weighted by Crippen LogP contribution is -2.21. The zero-order chi connectivity index (χ0) is 17.4. The summed E-state index contributed by atoms with van der Waals surface area (Å²) >= 11 is 7.02. The molecule has 0 spiro atoms. The number of nitrogens with zero attached hydrogens (tertiary/aromatic N) is 2. The Balaban J connectivity index is 1.97. The Labute approximate surface area is 150 Å². The van der Waals surface area contributed by atoms with Gasteiger partial charge in [0.15, 0.2) is 5.57 Å². The SMILES string of the molecule is CS/C(NCc1ccc(Cl)nc1)=C(/C#N)C(=O)OCC1CCCO1. The quantitative estimate of drug-likeness (QED) is 0.343. The van der Waals surface area contributed by atoms with Gasteiger partial charge in [-0.3, -0.25) is 0 Å². The Bertz CT molecular complexity index is 637. The highest BCUT2D eigenvalue weighted by Crippen LogP contribution is 2.18. The second kappa shape index (κ2) is 9.52. The largest absolute Gasteiger partial charge is 0.459 e. The number of aromatic nitrogens is 1. The molecule has 0 amide bonds. The number of carbonyl (C=O) groups excluding carboxylic acids is 1. The van der Waals surface area contributed by atoms with Gasteiger partial charge in [0.2, 0.25) is 0 Å². The van der Waals surface area contributed by atoms with Crippen LogP contribution in [0.25, 0.3) is 0 Å². The molecule has 1 aliphatic rings. The highest BCUT2D eigenvalue weighted by atomic mass is 35.5. The molecule has 0 bridgehead atoms. The predicted molar refractivity (Wildman–Crippen MR) is 92.2 cm³/mol. The van der Waals surface area contributed by atoms with Gasteiger partial charge in [0.25, 0.3) is 0 Å². The van der Waals surface area contributed by atoms with Crippen molar-refractivity contribution in [2.24, 2.45) is 0 Å². The molecule has 128 valence electrons. The molecule has 1 fully saturated rings. The Morgan fingerprint density at radius 3 is 3.04 bits per heavy atom. The standard InChI is InChI=1S/C16H18ClN3O3S/c1-24-15(20-9-11-4-5-14(17)19-8-11)13(7-18)16(21)23-10-12-3-2-6-22-12/h4-5,8,12,20H,2-3,6,9-10H2,1H3/b15-13-. The first-order valence-electron chi connectivity index (χ1n) is 7.45. The third-order valence-electron chi connectivity index (χ3n) is 3.41. The summed E-state index contributed by atoms with van der Waals surface area (Å²) in [6.45, 7) is 1.28. The van der Waals surface area contributed by atoms with Crippen molar-refractivity contribution in [2.45, 2.75) is 25.5 Å². The summed E-state index contributed by atoms with van der Waals surface area (Å²) in [5.41, 5.74) is 0.846. The van der Waals surface area contributed by atoms with Gasteiger partial charge >= 0.3 is 5.97 Å². The fourth-order valence-electron chi connectivity index (χ4n) is 2.16. The number of thioether (sulfide) groups is 1. The van der Waals surface area contributed by atoms with Crippen LogP contribution in [-0.4, -0.2) is 36.5 Å². The number of rotatable bonds is 7. The number of esters is 1. The van der Waals surface area contributed by atoms with E-state index in [9.17, 15) is 10.1 Å². The van der Waals surface area contributed by atoms with E-state index in [0.29, 0.717) is 23.3 Å². The summed E-state index contributed by atoms with van der Waals surface area (Å²) < 4.78 is 10.6. The average Bonchev–Trinajstić information content (AvgIpc) is 3.11. The minimum Gasteiger partial charge on any atom is -0.459 e. The summed E-state index contributed by atoms with van der Waals surface area (Å²) in [5.74, 6) is -0.640. The summed E-state index contributed by atoms with van der Waals surface area (Å²) in [5, 5.41) is 13.2. The van der Waals surface area contributed by atoms with E-state index in [2.05, 4.69) is 10.3 Å². The van der Waals surface area contributed by atoms with Gasteiger partial charge in [0.1, 0.15) is 17.8 Å². The first-order chi connectivity index (χ1) is 11.6. The van der Waals surface area contributed by atoms with E-state index in [1.165, 1.54) is 11.8 Å². The highest BCUT2D eigenvalue weighted by Gasteiger charge is 2.21. The molecule has 1 aromatic heterocycles. The molecular formula is C16H18ClN3O3S. The van der Waals surface area contributed by atoms with E-state index in [0.717, 1.165) is 18.4 Å². The molecule has 0 aliphatic carbocycles. The van der Waals surface area contributed by atoms with Crippen molar-refractivity contribution in [1.82, 2.24) is 10.3 Å². The molecule has 1 atom stereocenters. The molecule has 6 nitrogen and oxygen atoms in total. The van der Waals surface area contributed by atoms with Crippen molar-refractivity contribution < 1.29 is 14.3 Å². The second-order valence-corrected chi connectivity index (χ2v) is 6.30. The molecule has 1 N–H and O–H groups in total. The summed E-state index contributed by atoms with van der Waals surface area (Å²) in [6.07, 6.45) is 5.19. The second-order valence-electron chi connectivity index (χ2n) is 5.10. The minimum atomic E-state index is -0.640. The van der Waals surface area contributed by atoms with E-state index >= 15 is 0 Å². The van der Waals surface area contributed by atoms with E-state index < -0.39 is 5.97 Å². The molecule has 0 saturated carbocycles. The number of hydrogen-bond acceptors (Lipinski definition) is 7. The Morgan fingerprint density at radius 2 is 2.46 bits per heavy atom. The van der Waals surface area contributed by atoms with Crippen LogP contribution in [0, 0.1) is 11.3 Å². The minimum absolute atomic E-state index is 0.0394. The lowest BCUT2D eigenvalue weighted by molar-refractivity contribution is -0.141. The lowest BCUT2D eigenvalue weighted by atomic mass is 10.2. The van der Waals surface area contributed by atoms with Crippen LogP contribution in [0.15, 0.2) is 28.9 Å². The van der Waals surface area contributed by atoms with E-state index in [4.69, 9.17) is 21.1 Å². The molecular weight excluding hydrogens is 350 g/mol. The van der Waals surface area contributed by atoms with Crippen LogP contribution >= 0.6 is 23.4 Å². The molecule has 24 heavy (non-hydrogen) atoms. The van der Waals surface area contributed by atoms with Crippen molar-refractivity contribution >= 4 is 29.3 Å². The van der Waals surface area contributed by atoms with Crippen molar-refractivity contribution in [3.8, 4) is 6.07 Å². The molecule has 1 unspecified atom stereocenters. The smallest absolute Gasteiger partial charge is 0.351 e. The van der Waals surface area contributed by atoms with Crippen molar-refractivity contribution in [3.63, 3.8) is 0 Å². The van der Waals surface area contributed by atoms with Crippen LogP contribution in [0.1, 0.15) is 18.4 Å². The maximum Gasteiger partial charge on any atom is 0.351 e. The van der Waals surface area contributed by atoms with Crippen molar-refractivity contribution in [3.05, 3.63) is 39.6 Å². The van der Waals surface area contributed by atoms with Gasteiger partial charge in [0, 0.05) is 19.3 Å². The van der Waals surface area contributed by atoms with Crippen LogP contribution < -0.4 is 5.32 Å². The fraction of sp³-hybridized carbons (Fsp3) is 0.438. The van der Waals surface area contributed by atoms with E-state index in [1.807, 2.05) is 12.1 Å². The first-order valence-corrected chi connectivity index (χ1v) is 9.05. The van der Waals surface area contributed by atoms with Gasteiger partial charge in [-0.25, -0.2) is 9.78 Å². The third kappa shape index (κ3) is 5.41. The normalized spacial score (nSPS) is 17.8. The zero-order valence-electron chi connectivity index (χ0n) is 13.3. The Morgan fingerprint density at radius 1 is 1.62 bits per heavy atom. The number of carbonyl (C=O) groups is 1. The van der Waals surface area contributed by atoms with Gasteiger partial charge in [-0.1, -0.05) is 17.7 Å². The summed E-state index contributed by atoms with van der Waals surface area (Å²) in [4.78, 5) is 16.1. The summed E-state index contributed by atoms with van der Waals surface area (Å²) in [7, 11) is 0. The zero-order valence-corrected chi connectivity index (χ0v) is 14.8. The predicted octanol–water partition coefficient (Wildman–Crippen LogP) is 2.64. The van der Waals surface area contributed by atoms with E-state index in [-0.39, 0.29) is 18.3 Å². The maximum atomic E-state index is 12.1. The van der Waals surface area contributed by atoms with Crippen LogP contribution in [0.3, 0.4) is 0 Å². The molecule has 0 radical (unpaired) electrons. The Kier molecular flexibility index (Phi) is 7.37. The topological polar surface area (TPSA) is 84.2 Å². The molecule has 1 saturated heterocycles. The van der Waals surface area contributed by atoms with Crippen LogP contribution in [0.2, 0.25) is 5.15 Å². The summed E-state index contributed by atoms with van der Waals surface area (Å²) in [6, 6.07) is 5.42. The Hall–Kier alpha value is -1.75. The number of hydrogen-bond donors (Lipinski definition) is 1. The van der Waals surface area contributed by atoms with Crippen LogP contribution in [-0.2, 0) is 20.8 Å². The number of nitrogens with one attached hydrogen (secondary N) is 1. The molecule has 1 aliphatic heterocycles. The fourth-order valence-corrected chi connectivity index (χ4v) is 2.82. The van der Waals surface area contributed by atoms with Gasteiger partial charge in [0.05, 0.1) is 11.1 Å². The lowest BCUT2D eigenvalue weighted by Gasteiger charge is -2.13.